The van der Waals surface area contributed by atoms with Crippen molar-refractivity contribution in [1.29, 1.82) is 0 Å². The molecule has 0 saturated carbocycles. The molecular formula is C17H24N4. The Kier molecular flexibility index (Phi) is 3.81. The largest absolute Gasteiger partial charge is 0.368 e. The van der Waals surface area contributed by atoms with E-state index in [9.17, 15) is 0 Å². The highest BCUT2D eigenvalue weighted by molar-refractivity contribution is 5.92. The number of hydrogen-bond donors (Lipinski definition) is 1. The first-order chi connectivity index (χ1) is 10.1. The molecule has 3 rings (SSSR count). The molecule has 1 aromatic heterocycles. The Hall–Kier alpha value is -1.68. The van der Waals surface area contributed by atoms with Gasteiger partial charge in [-0.1, -0.05) is 31.2 Å². The second kappa shape index (κ2) is 5.60. The molecular weight excluding hydrogens is 260 g/mol. The molecule has 1 aliphatic rings. The molecule has 0 spiro atoms. The van der Waals surface area contributed by atoms with Gasteiger partial charge in [-0.3, -0.25) is 0 Å². The van der Waals surface area contributed by atoms with Crippen molar-refractivity contribution in [2.45, 2.75) is 26.7 Å². The number of aryl methyl sites for hydroxylation is 1. The first-order valence-corrected chi connectivity index (χ1v) is 7.72. The van der Waals surface area contributed by atoms with Crippen molar-refractivity contribution < 1.29 is 0 Å². The Morgan fingerprint density at radius 2 is 1.81 bits per heavy atom. The minimum atomic E-state index is 0.347. The Morgan fingerprint density at radius 3 is 2.52 bits per heavy atom. The van der Waals surface area contributed by atoms with Crippen molar-refractivity contribution in [2.24, 2.45) is 5.41 Å². The molecule has 2 aromatic rings. The van der Waals surface area contributed by atoms with Crippen LogP contribution in [-0.2, 0) is 0 Å². The van der Waals surface area contributed by atoms with Gasteiger partial charge in [0.1, 0.15) is 0 Å². The third kappa shape index (κ3) is 3.00. The van der Waals surface area contributed by atoms with Crippen LogP contribution in [0.15, 0.2) is 24.3 Å². The first-order valence-electron chi connectivity index (χ1n) is 7.72. The maximum absolute atomic E-state index is 4.37. The van der Waals surface area contributed by atoms with Crippen molar-refractivity contribution >= 4 is 16.6 Å². The number of aromatic nitrogens is 2. The van der Waals surface area contributed by atoms with Crippen molar-refractivity contribution in [3.63, 3.8) is 0 Å². The lowest BCUT2D eigenvalue weighted by Crippen LogP contribution is -2.40. The van der Waals surface area contributed by atoms with Gasteiger partial charge in [0, 0.05) is 17.3 Å². The fourth-order valence-corrected chi connectivity index (χ4v) is 3.00. The summed E-state index contributed by atoms with van der Waals surface area (Å²) < 4.78 is 0. The van der Waals surface area contributed by atoms with Gasteiger partial charge in [-0.25, -0.2) is 0 Å². The Bertz CT molecular complexity index is 630. The number of rotatable bonds is 3. The molecule has 1 aliphatic heterocycles. The molecule has 1 aromatic carbocycles. The van der Waals surface area contributed by atoms with E-state index in [0.29, 0.717) is 5.41 Å². The molecule has 0 amide bonds. The van der Waals surface area contributed by atoms with Gasteiger partial charge in [-0.15, -0.1) is 5.10 Å². The summed E-state index contributed by atoms with van der Waals surface area (Å²) in [5.41, 5.74) is 1.34. The number of likely N-dealkylation sites (tertiary alicyclic amines) is 1. The van der Waals surface area contributed by atoms with Gasteiger partial charge in [0.25, 0.3) is 0 Å². The summed E-state index contributed by atoms with van der Waals surface area (Å²) in [5, 5.41) is 14.6. The molecule has 1 fully saturated rings. The van der Waals surface area contributed by atoms with Gasteiger partial charge in [0.15, 0.2) is 5.82 Å². The molecule has 0 unspecified atom stereocenters. The molecule has 0 bridgehead atoms. The fraction of sp³-hybridized carbons (Fsp3) is 0.529. The van der Waals surface area contributed by atoms with E-state index in [0.717, 1.165) is 18.1 Å². The molecule has 0 aliphatic carbocycles. The molecule has 112 valence electrons. The lowest BCUT2D eigenvalue weighted by molar-refractivity contribution is 0.150. The van der Waals surface area contributed by atoms with Gasteiger partial charge >= 0.3 is 0 Å². The fourth-order valence-electron chi connectivity index (χ4n) is 3.00. The minimum Gasteiger partial charge on any atom is -0.368 e. The molecule has 4 nitrogen and oxygen atoms in total. The molecule has 1 N–H and O–H groups in total. The van der Waals surface area contributed by atoms with Gasteiger partial charge in [0.05, 0.1) is 5.69 Å². The molecule has 4 heteroatoms. The maximum atomic E-state index is 4.37. The zero-order chi connectivity index (χ0) is 14.9. The van der Waals surface area contributed by atoms with E-state index in [1.165, 1.54) is 36.7 Å². The summed E-state index contributed by atoms with van der Waals surface area (Å²) in [5.74, 6) is 0.913. The van der Waals surface area contributed by atoms with Crippen LogP contribution < -0.4 is 5.32 Å². The number of hydrogen-bond acceptors (Lipinski definition) is 4. The zero-order valence-electron chi connectivity index (χ0n) is 13.2. The highest BCUT2D eigenvalue weighted by atomic mass is 15.2. The van der Waals surface area contributed by atoms with E-state index in [4.69, 9.17) is 0 Å². The Balaban J connectivity index is 1.78. The minimum absolute atomic E-state index is 0.347. The molecule has 21 heavy (non-hydrogen) atoms. The summed E-state index contributed by atoms with van der Waals surface area (Å²) in [6, 6.07) is 8.35. The molecule has 0 radical (unpaired) electrons. The maximum Gasteiger partial charge on any atom is 0.156 e. The Labute approximate surface area is 126 Å². The van der Waals surface area contributed by atoms with Gasteiger partial charge in [-0.2, -0.15) is 5.10 Å². The lowest BCUT2D eigenvalue weighted by atomic mass is 9.80. The number of anilines is 1. The summed E-state index contributed by atoms with van der Waals surface area (Å²) >= 11 is 0. The number of fused-ring (bicyclic) bond motifs is 1. The van der Waals surface area contributed by atoms with Crippen molar-refractivity contribution in [1.82, 2.24) is 15.1 Å². The third-order valence-corrected chi connectivity index (χ3v) is 4.75. The van der Waals surface area contributed by atoms with Crippen molar-refractivity contribution in [2.75, 3.05) is 32.0 Å². The van der Waals surface area contributed by atoms with Crippen LogP contribution in [0.1, 0.15) is 25.5 Å². The molecule has 2 heterocycles. The van der Waals surface area contributed by atoms with Crippen LogP contribution in [0.3, 0.4) is 0 Å². The summed E-state index contributed by atoms with van der Waals surface area (Å²) in [6.45, 7) is 7.70. The molecule has 0 atom stereocenters. The van der Waals surface area contributed by atoms with Crippen molar-refractivity contribution in [3.8, 4) is 0 Å². The van der Waals surface area contributed by atoms with E-state index in [1.54, 1.807) is 0 Å². The smallest absolute Gasteiger partial charge is 0.156 e. The van der Waals surface area contributed by atoms with Gasteiger partial charge in [0.2, 0.25) is 0 Å². The number of nitrogens with zero attached hydrogens (tertiary/aromatic N) is 3. The van der Waals surface area contributed by atoms with Crippen LogP contribution in [0.4, 0.5) is 5.82 Å². The van der Waals surface area contributed by atoms with E-state index in [2.05, 4.69) is 58.7 Å². The topological polar surface area (TPSA) is 41.1 Å². The van der Waals surface area contributed by atoms with Crippen LogP contribution >= 0.6 is 0 Å². The van der Waals surface area contributed by atoms with Crippen LogP contribution in [0.2, 0.25) is 0 Å². The highest BCUT2D eigenvalue weighted by Gasteiger charge is 2.28. The third-order valence-electron chi connectivity index (χ3n) is 4.75. The van der Waals surface area contributed by atoms with E-state index < -0.39 is 0 Å². The second-order valence-electron chi connectivity index (χ2n) is 6.65. The van der Waals surface area contributed by atoms with Crippen LogP contribution in [0.25, 0.3) is 10.8 Å². The number of benzene rings is 1. The second-order valence-corrected chi connectivity index (χ2v) is 6.65. The standard InChI is InChI=1S/C17H24N4/c1-13-14-6-4-5-7-15(14)16(20-19-13)18-12-17(2)8-10-21(3)11-9-17/h4-7H,8-12H2,1-3H3,(H,18,20). The SMILES string of the molecule is Cc1nnc(NCC2(C)CCN(C)CC2)c2ccccc12. The van der Waals surface area contributed by atoms with Gasteiger partial charge < -0.3 is 10.2 Å². The van der Waals surface area contributed by atoms with E-state index >= 15 is 0 Å². The van der Waals surface area contributed by atoms with Crippen LogP contribution in [0.5, 0.6) is 0 Å². The van der Waals surface area contributed by atoms with E-state index in [1.807, 2.05) is 6.92 Å². The monoisotopic (exact) mass is 284 g/mol. The predicted molar refractivity (Wildman–Crippen MR) is 87.6 cm³/mol. The summed E-state index contributed by atoms with van der Waals surface area (Å²) in [7, 11) is 2.20. The first kappa shape index (κ1) is 14.3. The number of nitrogens with one attached hydrogen (secondary N) is 1. The Morgan fingerprint density at radius 1 is 1.14 bits per heavy atom. The van der Waals surface area contributed by atoms with Crippen molar-refractivity contribution in [3.05, 3.63) is 30.0 Å². The zero-order valence-corrected chi connectivity index (χ0v) is 13.2. The normalized spacial score (nSPS) is 18.8. The summed E-state index contributed by atoms with van der Waals surface area (Å²) in [4.78, 5) is 2.41. The summed E-state index contributed by atoms with van der Waals surface area (Å²) in [6.07, 6.45) is 2.46. The molecule has 1 saturated heterocycles. The lowest BCUT2D eigenvalue weighted by Gasteiger charge is -2.38. The van der Waals surface area contributed by atoms with E-state index in [-0.39, 0.29) is 0 Å². The van der Waals surface area contributed by atoms with Crippen LogP contribution in [0, 0.1) is 12.3 Å². The predicted octanol–water partition coefficient (Wildman–Crippen LogP) is 3.08. The average Bonchev–Trinajstić information content (AvgIpc) is 2.50. The van der Waals surface area contributed by atoms with Crippen LogP contribution in [-0.4, -0.2) is 41.8 Å². The quantitative estimate of drug-likeness (QED) is 0.940. The van der Waals surface area contributed by atoms with Gasteiger partial charge in [-0.05, 0) is 45.3 Å². The highest BCUT2D eigenvalue weighted by Crippen LogP contribution is 2.31. The average molecular weight is 284 g/mol. The number of piperidine rings is 1.